The summed E-state index contributed by atoms with van der Waals surface area (Å²) in [6.45, 7) is 6.65. The lowest BCUT2D eigenvalue weighted by Crippen LogP contribution is -2.46. The van der Waals surface area contributed by atoms with Gasteiger partial charge in [0.05, 0.1) is 20.8 Å². The zero-order valence-corrected chi connectivity index (χ0v) is 19.7. The Balaban J connectivity index is 1.63. The molecule has 3 N–H and O–H groups in total. The lowest BCUT2D eigenvalue weighted by Gasteiger charge is -2.31. The summed E-state index contributed by atoms with van der Waals surface area (Å²) < 4.78 is 15.5. The number of nitrogens with zero attached hydrogens (tertiary/aromatic N) is 1. The van der Waals surface area contributed by atoms with Crippen LogP contribution in [0.2, 0.25) is 0 Å². The first-order valence-electron chi connectivity index (χ1n) is 10.9. The van der Waals surface area contributed by atoms with Gasteiger partial charge in [-0.05, 0) is 51.0 Å². The Kier molecular flexibility index (Phi) is 7.35. The van der Waals surface area contributed by atoms with Crippen molar-refractivity contribution in [2.24, 2.45) is 0 Å². The van der Waals surface area contributed by atoms with E-state index in [1.54, 1.807) is 32.8 Å². The van der Waals surface area contributed by atoms with Crippen LogP contribution < -0.4 is 15.4 Å². The molecule has 0 saturated heterocycles. The van der Waals surface area contributed by atoms with Crippen LogP contribution in [0.15, 0.2) is 18.2 Å². The van der Waals surface area contributed by atoms with E-state index in [9.17, 15) is 14.4 Å². The van der Waals surface area contributed by atoms with Crippen molar-refractivity contribution in [3.63, 3.8) is 0 Å². The quantitative estimate of drug-likeness (QED) is 0.450. The summed E-state index contributed by atoms with van der Waals surface area (Å²) in [5.41, 5.74) is 1.93. The first-order chi connectivity index (χ1) is 15.6. The Bertz CT molecular complexity index is 1030. The number of hydrogen-bond acceptors (Lipinski definition) is 6. The van der Waals surface area contributed by atoms with Gasteiger partial charge in [-0.25, -0.2) is 9.59 Å². The van der Waals surface area contributed by atoms with Crippen molar-refractivity contribution < 1.29 is 28.6 Å². The summed E-state index contributed by atoms with van der Waals surface area (Å²) in [6, 6.07) is 5.33. The molecule has 1 aliphatic heterocycles. The van der Waals surface area contributed by atoms with Crippen molar-refractivity contribution in [2.75, 3.05) is 33.9 Å². The number of carbonyl (C=O) groups excluding carboxylic acids is 3. The van der Waals surface area contributed by atoms with Gasteiger partial charge >= 0.3 is 18.1 Å². The van der Waals surface area contributed by atoms with E-state index in [2.05, 4.69) is 15.6 Å². The Labute approximate surface area is 192 Å². The third kappa shape index (κ3) is 5.88. The molecular formula is C23H32N4O6. The Morgan fingerprint density at radius 2 is 1.88 bits per heavy atom. The highest BCUT2D eigenvalue weighted by atomic mass is 16.6. The number of nitrogens with one attached hydrogen (secondary N) is 3. The summed E-state index contributed by atoms with van der Waals surface area (Å²) in [6.07, 6.45) is 0.0465. The standard InChI is InChI=1S/C23H32N4O6/c1-23(2,3)33-22(30)25-10-6-9-24-21(29)27-12-16(20(28)32-5)19-15-11-14(31-4)7-8-17(15)26-18(19)13-27/h7-8,11,16,26H,6,9-10,12-13H2,1-5H3,(H,24,29)(H,25,30). The molecule has 2 aromatic rings. The monoisotopic (exact) mass is 460 g/mol. The summed E-state index contributed by atoms with van der Waals surface area (Å²) >= 11 is 0. The Morgan fingerprint density at radius 1 is 1.15 bits per heavy atom. The lowest BCUT2D eigenvalue weighted by atomic mass is 9.92. The number of methoxy groups -OCH3 is 2. The SMILES string of the molecule is COC(=O)C1CN(C(=O)NCCCNC(=O)OC(C)(C)C)Cc2[nH]c3ccc(OC)cc3c21. The number of aromatic amines is 1. The van der Waals surface area contributed by atoms with E-state index in [0.717, 1.165) is 22.2 Å². The first kappa shape index (κ1) is 24.2. The minimum atomic E-state index is -0.612. The molecule has 0 fully saturated rings. The number of hydrogen-bond donors (Lipinski definition) is 3. The fourth-order valence-electron chi connectivity index (χ4n) is 3.85. The molecular weight excluding hydrogens is 428 g/mol. The van der Waals surface area contributed by atoms with Crippen LogP contribution in [-0.4, -0.2) is 67.4 Å². The number of alkyl carbamates (subject to hydrolysis) is 1. The molecule has 3 amide bonds. The van der Waals surface area contributed by atoms with Crippen LogP contribution in [0, 0.1) is 0 Å². The average Bonchev–Trinajstić information content (AvgIpc) is 3.13. The third-order valence-corrected chi connectivity index (χ3v) is 5.30. The fourth-order valence-corrected chi connectivity index (χ4v) is 3.85. The van der Waals surface area contributed by atoms with E-state index < -0.39 is 23.6 Å². The highest BCUT2D eigenvalue weighted by Gasteiger charge is 2.36. The number of carbonyl (C=O) groups is 3. The summed E-state index contributed by atoms with van der Waals surface area (Å²) in [7, 11) is 2.93. The Hall–Kier alpha value is -3.43. The van der Waals surface area contributed by atoms with Gasteiger partial charge in [0.1, 0.15) is 17.3 Å². The molecule has 1 aliphatic rings. The van der Waals surface area contributed by atoms with Crippen LogP contribution in [0.25, 0.3) is 10.9 Å². The molecule has 1 aromatic heterocycles. The molecule has 10 nitrogen and oxygen atoms in total. The second kappa shape index (κ2) is 10.0. The van der Waals surface area contributed by atoms with E-state index in [1.165, 1.54) is 7.11 Å². The molecule has 0 saturated carbocycles. The molecule has 1 atom stereocenters. The van der Waals surface area contributed by atoms with Crippen molar-refractivity contribution in [1.82, 2.24) is 20.5 Å². The molecule has 33 heavy (non-hydrogen) atoms. The molecule has 0 radical (unpaired) electrons. The average molecular weight is 461 g/mol. The Morgan fingerprint density at radius 3 is 2.55 bits per heavy atom. The molecule has 0 aliphatic carbocycles. The van der Waals surface area contributed by atoms with Crippen LogP contribution in [-0.2, 0) is 20.8 Å². The molecule has 1 unspecified atom stereocenters. The summed E-state index contributed by atoms with van der Waals surface area (Å²) in [4.78, 5) is 41.9. The van der Waals surface area contributed by atoms with Gasteiger partial charge in [0.15, 0.2) is 0 Å². The van der Waals surface area contributed by atoms with Gasteiger partial charge in [-0.15, -0.1) is 0 Å². The summed E-state index contributed by atoms with van der Waals surface area (Å²) in [5, 5.41) is 6.38. The number of H-pyrrole nitrogens is 1. The van der Waals surface area contributed by atoms with E-state index in [4.69, 9.17) is 14.2 Å². The largest absolute Gasteiger partial charge is 0.497 e. The van der Waals surface area contributed by atoms with Crippen molar-refractivity contribution in [1.29, 1.82) is 0 Å². The highest BCUT2D eigenvalue weighted by Crippen LogP contribution is 2.37. The van der Waals surface area contributed by atoms with E-state index in [-0.39, 0.29) is 12.6 Å². The number of aromatic nitrogens is 1. The van der Waals surface area contributed by atoms with Crippen molar-refractivity contribution in [2.45, 2.75) is 45.3 Å². The van der Waals surface area contributed by atoms with Gasteiger partial charge in [0.25, 0.3) is 0 Å². The normalized spacial score (nSPS) is 15.5. The second-order valence-corrected chi connectivity index (χ2v) is 8.90. The smallest absolute Gasteiger partial charge is 0.407 e. The first-order valence-corrected chi connectivity index (χ1v) is 10.9. The van der Waals surface area contributed by atoms with Crippen molar-refractivity contribution in [3.05, 3.63) is 29.5 Å². The topological polar surface area (TPSA) is 122 Å². The molecule has 3 rings (SSSR count). The zero-order valence-electron chi connectivity index (χ0n) is 19.7. The molecule has 1 aromatic carbocycles. The molecule has 2 heterocycles. The molecule has 180 valence electrons. The predicted octanol–water partition coefficient (Wildman–Crippen LogP) is 2.87. The number of ether oxygens (including phenoxy) is 3. The number of amides is 3. The number of benzene rings is 1. The van der Waals surface area contributed by atoms with Crippen LogP contribution >= 0.6 is 0 Å². The predicted molar refractivity (Wildman–Crippen MR) is 122 cm³/mol. The minimum absolute atomic E-state index is 0.200. The van der Waals surface area contributed by atoms with Crippen molar-refractivity contribution in [3.8, 4) is 5.75 Å². The summed E-state index contributed by atoms with van der Waals surface area (Å²) in [5.74, 6) is -0.327. The maximum Gasteiger partial charge on any atom is 0.407 e. The van der Waals surface area contributed by atoms with Crippen LogP contribution in [0.4, 0.5) is 9.59 Å². The van der Waals surface area contributed by atoms with E-state index >= 15 is 0 Å². The minimum Gasteiger partial charge on any atom is -0.497 e. The van der Waals surface area contributed by atoms with Gasteiger partial charge in [-0.2, -0.15) is 0 Å². The van der Waals surface area contributed by atoms with Gasteiger partial charge in [-0.3, -0.25) is 4.79 Å². The van der Waals surface area contributed by atoms with Crippen LogP contribution in [0.1, 0.15) is 44.4 Å². The second-order valence-electron chi connectivity index (χ2n) is 8.90. The van der Waals surface area contributed by atoms with Crippen molar-refractivity contribution >= 4 is 29.0 Å². The van der Waals surface area contributed by atoms with Crippen LogP contribution in [0.3, 0.4) is 0 Å². The van der Waals surface area contributed by atoms with Gasteiger partial charge in [0.2, 0.25) is 0 Å². The van der Waals surface area contributed by atoms with E-state index in [0.29, 0.717) is 31.8 Å². The fraction of sp³-hybridized carbons (Fsp3) is 0.522. The third-order valence-electron chi connectivity index (χ3n) is 5.30. The lowest BCUT2D eigenvalue weighted by molar-refractivity contribution is -0.143. The maximum atomic E-state index is 12.8. The molecule has 0 bridgehead atoms. The van der Waals surface area contributed by atoms with Crippen LogP contribution in [0.5, 0.6) is 5.75 Å². The number of urea groups is 1. The number of fused-ring (bicyclic) bond motifs is 3. The van der Waals surface area contributed by atoms with Gasteiger partial charge in [0, 0.05) is 36.2 Å². The van der Waals surface area contributed by atoms with Gasteiger partial charge < -0.3 is 34.7 Å². The number of esters is 1. The molecule has 0 spiro atoms. The zero-order chi connectivity index (χ0) is 24.2. The maximum absolute atomic E-state index is 12.8. The van der Waals surface area contributed by atoms with Gasteiger partial charge in [-0.1, -0.05) is 0 Å². The molecule has 10 heteroatoms. The number of rotatable bonds is 6. The highest BCUT2D eigenvalue weighted by molar-refractivity contribution is 5.93. The van der Waals surface area contributed by atoms with E-state index in [1.807, 2.05) is 18.2 Å².